The van der Waals surface area contributed by atoms with Crippen LogP contribution in [0.15, 0.2) is 18.5 Å². The lowest BCUT2D eigenvalue weighted by Crippen LogP contribution is -2.35. The minimum atomic E-state index is 0.189. The van der Waals surface area contributed by atoms with Crippen LogP contribution in [0.25, 0.3) is 5.57 Å². The fourth-order valence-electron chi connectivity index (χ4n) is 2.01. The van der Waals surface area contributed by atoms with Crippen LogP contribution in [0.5, 0.6) is 0 Å². The summed E-state index contributed by atoms with van der Waals surface area (Å²) >= 11 is 4.10. The van der Waals surface area contributed by atoms with Crippen LogP contribution < -0.4 is 0 Å². The van der Waals surface area contributed by atoms with E-state index in [-0.39, 0.29) is 5.91 Å². The third kappa shape index (κ3) is 2.91. The first kappa shape index (κ1) is 12.2. The molecule has 0 radical (unpaired) electrons. The van der Waals surface area contributed by atoms with E-state index in [4.69, 9.17) is 0 Å². The fourth-order valence-corrected chi connectivity index (χ4v) is 2.20. The molecule has 92 valence electrons. The van der Waals surface area contributed by atoms with Crippen LogP contribution in [0.2, 0.25) is 0 Å². The zero-order chi connectivity index (χ0) is 12.3. The smallest absolute Gasteiger partial charge is 0.223 e. The van der Waals surface area contributed by atoms with Crippen molar-refractivity contribution in [3.8, 4) is 0 Å². The summed E-state index contributed by atoms with van der Waals surface area (Å²) < 4.78 is 1.78. The Morgan fingerprint density at radius 2 is 2.41 bits per heavy atom. The summed E-state index contributed by atoms with van der Waals surface area (Å²) in [5.41, 5.74) is 2.30. The van der Waals surface area contributed by atoms with Crippen molar-refractivity contribution in [1.82, 2.24) is 14.7 Å². The van der Waals surface area contributed by atoms with Gasteiger partial charge in [0.05, 0.1) is 6.20 Å². The molecule has 1 aromatic rings. The molecule has 0 atom stereocenters. The third-order valence-corrected chi connectivity index (χ3v) is 3.13. The van der Waals surface area contributed by atoms with Crippen LogP contribution in [-0.4, -0.2) is 39.4 Å². The minimum Gasteiger partial charge on any atom is -0.338 e. The van der Waals surface area contributed by atoms with Crippen molar-refractivity contribution in [2.75, 3.05) is 18.8 Å². The quantitative estimate of drug-likeness (QED) is 0.824. The van der Waals surface area contributed by atoms with Crippen molar-refractivity contribution in [1.29, 1.82) is 0 Å². The van der Waals surface area contributed by atoms with Crippen molar-refractivity contribution < 1.29 is 4.79 Å². The monoisotopic (exact) mass is 251 g/mol. The van der Waals surface area contributed by atoms with Gasteiger partial charge in [-0.05, 0) is 17.7 Å². The number of thiol groups is 1. The summed E-state index contributed by atoms with van der Waals surface area (Å²) in [7, 11) is 1.90. The SMILES string of the molecule is Cn1cc(C2=CCCN(C(=O)CCS)C2)cn1. The fraction of sp³-hybridized carbons (Fsp3) is 0.500. The Morgan fingerprint density at radius 1 is 1.59 bits per heavy atom. The summed E-state index contributed by atoms with van der Waals surface area (Å²) in [5, 5.41) is 4.16. The zero-order valence-electron chi connectivity index (χ0n) is 9.96. The molecular formula is C12H17N3OS. The molecule has 0 spiro atoms. The van der Waals surface area contributed by atoms with Gasteiger partial charge in [-0.3, -0.25) is 9.48 Å². The van der Waals surface area contributed by atoms with Crippen LogP contribution >= 0.6 is 12.6 Å². The molecule has 4 nitrogen and oxygen atoms in total. The molecule has 0 fully saturated rings. The molecule has 5 heteroatoms. The predicted octanol–water partition coefficient (Wildman–Crippen LogP) is 1.36. The first-order valence-electron chi connectivity index (χ1n) is 5.77. The van der Waals surface area contributed by atoms with Gasteiger partial charge in [0, 0.05) is 38.3 Å². The Labute approximate surface area is 107 Å². The molecule has 0 aromatic carbocycles. The average Bonchev–Trinajstić information content (AvgIpc) is 2.76. The molecule has 1 aliphatic heterocycles. The van der Waals surface area contributed by atoms with Gasteiger partial charge in [-0.15, -0.1) is 0 Å². The molecule has 2 heterocycles. The van der Waals surface area contributed by atoms with Gasteiger partial charge in [-0.2, -0.15) is 17.7 Å². The molecule has 0 bridgehead atoms. The Hall–Kier alpha value is -1.23. The molecule has 0 N–H and O–H groups in total. The standard InChI is InChI=1S/C12H17N3OS/c1-14-8-11(7-13-14)10-3-2-5-15(9-10)12(16)4-6-17/h3,7-8,17H,2,4-6,9H2,1H3. The molecule has 0 aliphatic carbocycles. The van der Waals surface area contributed by atoms with E-state index in [1.54, 1.807) is 4.68 Å². The summed E-state index contributed by atoms with van der Waals surface area (Å²) in [6.07, 6.45) is 7.46. The highest BCUT2D eigenvalue weighted by Gasteiger charge is 2.18. The number of carbonyl (C=O) groups excluding carboxylic acids is 1. The molecule has 0 saturated heterocycles. The number of hydrogen-bond acceptors (Lipinski definition) is 3. The van der Waals surface area contributed by atoms with E-state index in [1.165, 1.54) is 5.57 Å². The Balaban J connectivity index is 2.06. The second-order valence-electron chi connectivity index (χ2n) is 4.21. The molecule has 1 aromatic heterocycles. The average molecular weight is 251 g/mol. The number of aromatic nitrogens is 2. The maximum absolute atomic E-state index is 11.8. The van der Waals surface area contributed by atoms with Gasteiger partial charge in [-0.25, -0.2) is 0 Å². The summed E-state index contributed by atoms with van der Waals surface area (Å²) in [4.78, 5) is 13.7. The lowest BCUT2D eigenvalue weighted by molar-refractivity contribution is -0.130. The van der Waals surface area contributed by atoms with Gasteiger partial charge in [0.2, 0.25) is 5.91 Å². The van der Waals surface area contributed by atoms with Crippen LogP contribution in [-0.2, 0) is 11.8 Å². The Bertz CT molecular complexity index is 439. The van der Waals surface area contributed by atoms with Crippen molar-refractivity contribution >= 4 is 24.1 Å². The first-order chi connectivity index (χ1) is 8.20. The molecule has 1 aliphatic rings. The first-order valence-corrected chi connectivity index (χ1v) is 6.40. The summed E-state index contributed by atoms with van der Waals surface area (Å²) in [6.45, 7) is 1.51. The number of hydrogen-bond donors (Lipinski definition) is 1. The highest BCUT2D eigenvalue weighted by atomic mass is 32.1. The molecule has 17 heavy (non-hydrogen) atoms. The van der Waals surface area contributed by atoms with Crippen molar-refractivity contribution in [2.45, 2.75) is 12.8 Å². The van der Waals surface area contributed by atoms with Gasteiger partial charge < -0.3 is 4.90 Å². The van der Waals surface area contributed by atoms with Crippen LogP contribution in [0.1, 0.15) is 18.4 Å². The van der Waals surface area contributed by atoms with E-state index >= 15 is 0 Å². The highest BCUT2D eigenvalue weighted by Crippen LogP contribution is 2.20. The lowest BCUT2D eigenvalue weighted by Gasteiger charge is -2.27. The van der Waals surface area contributed by atoms with E-state index in [2.05, 4.69) is 23.8 Å². The van der Waals surface area contributed by atoms with E-state index in [0.29, 0.717) is 18.7 Å². The number of carbonyl (C=O) groups is 1. The zero-order valence-corrected chi connectivity index (χ0v) is 10.9. The highest BCUT2D eigenvalue weighted by molar-refractivity contribution is 7.80. The third-order valence-electron chi connectivity index (χ3n) is 2.91. The second-order valence-corrected chi connectivity index (χ2v) is 4.66. The van der Waals surface area contributed by atoms with Crippen molar-refractivity contribution in [3.05, 3.63) is 24.0 Å². The number of amides is 1. The van der Waals surface area contributed by atoms with Gasteiger partial charge >= 0.3 is 0 Å². The second kappa shape index (κ2) is 5.40. The van der Waals surface area contributed by atoms with Gasteiger partial charge in [-0.1, -0.05) is 6.08 Å². The van der Waals surface area contributed by atoms with Crippen molar-refractivity contribution in [3.63, 3.8) is 0 Å². The van der Waals surface area contributed by atoms with Gasteiger partial charge in [0.1, 0.15) is 0 Å². The van der Waals surface area contributed by atoms with Gasteiger partial charge in [0.25, 0.3) is 0 Å². The van der Waals surface area contributed by atoms with E-state index in [0.717, 1.165) is 18.5 Å². The summed E-state index contributed by atoms with van der Waals surface area (Å²) in [6, 6.07) is 0. The van der Waals surface area contributed by atoms with E-state index in [1.807, 2.05) is 24.3 Å². The number of nitrogens with zero attached hydrogens (tertiary/aromatic N) is 3. The Kier molecular flexibility index (Phi) is 3.89. The Morgan fingerprint density at radius 3 is 3.06 bits per heavy atom. The minimum absolute atomic E-state index is 0.189. The van der Waals surface area contributed by atoms with E-state index in [9.17, 15) is 4.79 Å². The molecular weight excluding hydrogens is 234 g/mol. The molecule has 0 saturated carbocycles. The largest absolute Gasteiger partial charge is 0.338 e. The lowest BCUT2D eigenvalue weighted by atomic mass is 10.0. The molecule has 1 amide bonds. The van der Waals surface area contributed by atoms with Crippen molar-refractivity contribution in [2.24, 2.45) is 7.05 Å². The maximum Gasteiger partial charge on any atom is 0.223 e. The predicted molar refractivity (Wildman–Crippen MR) is 70.9 cm³/mol. The summed E-state index contributed by atoms with van der Waals surface area (Å²) in [5.74, 6) is 0.802. The van der Waals surface area contributed by atoms with Crippen LogP contribution in [0.4, 0.5) is 0 Å². The van der Waals surface area contributed by atoms with E-state index < -0.39 is 0 Å². The maximum atomic E-state index is 11.8. The van der Waals surface area contributed by atoms with Gasteiger partial charge in [0.15, 0.2) is 0 Å². The molecule has 0 unspecified atom stereocenters. The van der Waals surface area contributed by atoms with Crippen LogP contribution in [0, 0.1) is 0 Å². The number of aryl methyl sites for hydroxylation is 1. The normalized spacial score (nSPS) is 15.9. The number of rotatable bonds is 3. The molecule has 2 rings (SSSR count). The van der Waals surface area contributed by atoms with Crippen LogP contribution in [0.3, 0.4) is 0 Å². The topological polar surface area (TPSA) is 38.1 Å².